The average Bonchev–Trinajstić information content (AvgIpc) is 2.57. The summed E-state index contributed by atoms with van der Waals surface area (Å²) in [5, 5.41) is 2.87. The Bertz CT molecular complexity index is 526. The molecular formula is C18H30N4O2. The molecule has 1 aromatic heterocycles. The molecule has 0 fully saturated rings. The fourth-order valence-corrected chi connectivity index (χ4v) is 2.42. The summed E-state index contributed by atoms with van der Waals surface area (Å²) < 4.78 is 0. The molecular weight excluding hydrogens is 304 g/mol. The molecule has 6 heteroatoms. The molecule has 0 radical (unpaired) electrons. The van der Waals surface area contributed by atoms with E-state index in [1.165, 1.54) is 12.4 Å². The Balaban J connectivity index is 2.70. The van der Waals surface area contributed by atoms with E-state index in [1.807, 2.05) is 32.8 Å². The monoisotopic (exact) mass is 334 g/mol. The van der Waals surface area contributed by atoms with Crippen molar-refractivity contribution in [1.29, 1.82) is 0 Å². The Kier molecular flexibility index (Phi) is 9.01. The van der Waals surface area contributed by atoms with Crippen molar-refractivity contribution in [2.45, 2.75) is 33.1 Å². The highest BCUT2D eigenvalue weighted by Gasteiger charge is 2.16. The van der Waals surface area contributed by atoms with Gasteiger partial charge in [0.1, 0.15) is 0 Å². The van der Waals surface area contributed by atoms with Crippen LogP contribution in [-0.2, 0) is 0 Å². The van der Waals surface area contributed by atoms with E-state index < -0.39 is 0 Å². The number of hydrogen-bond acceptors (Lipinski definition) is 4. The lowest BCUT2D eigenvalue weighted by atomic mass is 10.1. The van der Waals surface area contributed by atoms with E-state index >= 15 is 0 Å². The highest BCUT2D eigenvalue weighted by molar-refractivity contribution is 5.99. The van der Waals surface area contributed by atoms with E-state index in [4.69, 9.17) is 0 Å². The van der Waals surface area contributed by atoms with Gasteiger partial charge in [0, 0.05) is 32.0 Å². The molecule has 24 heavy (non-hydrogen) atoms. The van der Waals surface area contributed by atoms with Crippen molar-refractivity contribution < 1.29 is 9.59 Å². The molecule has 0 aromatic carbocycles. The molecule has 0 spiro atoms. The van der Waals surface area contributed by atoms with Crippen molar-refractivity contribution in [3.8, 4) is 0 Å². The van der Waals surface area contributed by atoms with Crippen LogP contribution >= 0.6 is 0 Å². The zero-order valence-electron chi connectivity index (χ0n) is 15.3. The zero-order chi connectivity index (χ0) is 17.9. The number of amides is 2. The summed E-state index contributed by atoms with van der Waals surface area (Å²) in [5.41, 5.74) is 0.900. The molecule has 0 aliphatic rings. The minimum Gasteiger partial charge on any atom is -0.352 e. The summed E-state index contributed by atoms with van der Waals surface area (Å²) in [6, 6.07) is 1.63. The molecule has 1 rings (SSSR count). The van der Waals surface area contributed by atoms with Gasteiger partial charge in [-0.2, -0.15) is 0 Å². The molecule has 2 amide bonds. The van der Waals surface area contributed by atoms with Crippen molar-refractivity contribution in [2.24, 2.45) is 0 Å². The predicted molar refractivity (Wildman–Crippen MR) is 96.2 cm³/mol. The van der Waals surface area contributed by atoms with E-state index in [0.29, 0.717) is 30.8 Å². The quantitative estimate of drug-likeness (QED) is 0.665. The maximum atomic E-state index is 12.6. The standard InChI is InChI=1S/C18H30N4O2/c1-5-9-22(10-6-2)18(24)16-12-15(13-19-14-16)17(23)20-8-7-11-21(3)4/h12-14H,5-11H2,1-4H3,(H,20,23). The smallest absolute Gasteiger partial charge is 0.255 e. The van der Waals surface area contributed by atoms with Gasteiger partial charge >= 0.3 is 0 Å². The van der Waals surface area contributed by atoms with Gasteiger partial charge in [-0.1, -0.05) is 13.8 Å². The molecule has 134 valence electrons. The maximum Gasteiger partial charge on any atom is 0.255 e. The number of nitrogens with zero attached hydrogens (tertiary/aromatic N) is 3. The number of pyridine rings is 1. The Labute approximate surface area is 145 Å². The van der Waals surface area contributed by atoms with Gasteiger partial charge in [-0.05, 0) is 46.0 Å². The van der Waals surface area contributed by atoms with Crippen LogP contribution in [0.5, 0.6) is 0 Å². The van der Waals surface area contributed by atoms with Crippen LogP contribution in [0, 0.1) is 0 Å². The third-order valence-electron chi connectivity index (χ3n) is 3.59. The summed E-state index contributed by atoms with van der Waals surface area (Å²) in [6.07, 6.45) is 5.73. The third kappa shape index (κ3) is 6.66. The first-order valence-corrected chi connectivity index (χ1v) is 8.66. The summed E-state index contributed by atoms with van der Waals surface area (Å²) in [5.74, 6) is -0.248. The highest BCUT2D eigenvalue weighted by atomic mass is 16.2. The van der Waals surface area contributed by atoms with Crippen molar-refractivity contribution in [3.05, 3.63) is 29.6 Å². The zero-order valence-corrected chi connectivity index (χ0v) is 15.3. The van der Waals surface area contributed by atoms with Crippen molar-refractivity contribution >= 4 is 11.8 Å². The molecule has 6 nitrogen and oxygen atoms in total. The number of aromatic nitrogens is 1. The molecule has 0 aliphatic heterocycles. The second-order valence-electron chi connectivity index (χ2n) is 6.17. The van der Waals surface area contributed by atoms with Crippen LogP contribution in [0.1, 0.15) is 53.8 Å². The van der Waals surface area contributed by atoms with Crippen LogP contribution in [0.25, 0.3) is 0 Å². The van der Waals surface area contributed by atoms with E-state index in [-0.39, 0.29) is 11.8 Å². The Morgan fingerprint density at radius 3 is 2.25 bits per heavy atom. The molecule has 0 atom stereocenters. The fourth-order valence-electron chi connectivity index (χ4n) is 2.42. The van der Waals surface area contributed by atoms with Crippen LogP contribution < -0.4 is 5.32 Å². The second kappa shape index (κ2) is 10.8. The number of carbonyl (C=O) groups is 2. The molecule has 1 heterocycles. The van der Waals surface area contributed by atoms with Gasteiger partial charge in [-0.3, -0.25) is 14.6 Å². The lowest BCUT2D eigenvalue weighted by Crippen LogP contribution is -2.33. The van der Waals surface area contributed by atoms with Crippen LogP contribution in [0.2, 0.25) is 0 Å². The minimum atomic E-state index is -0.187. The van der Waals surface area contributed by atoms with E-state index in [0.717, 1.165) is 25.8 Å². The van der Waals surface area contributed by atoms with Crippen molar-refractivity contribution in [2.75, 3.05) is 40.3 Å². The number of carbonyl (C=O) groups excluding carboxylic acids is 2. The molecule has 0 bridgehead atoms. The Morgan fingerprint density at radius 2 is 1.67 bits per heavy atom. The molecule has 0 saturated heterocycles. The minimum absolute atomic E-state index is 0.0616. The van der Waals surface area contributed by atoms with Crippen LogP contribution in [0.3, 0.4) is 0 Å². The van der Waals surface area contributed by atoms with Gasteiger partial charge in [0.25, 0.3) is 11.8 Å². The Morgan fingerprint density at radius 1 is 1.04 bits per heavy atom. The lowest BCUT2D eigenvalue weighted by Gasteiger charge is -2.21. The average molecular weight is 334 g/mol. The first-order chi connectivity index (χ1) is 11.5. The maximum absolute atomic E-state index is 12.6. The molecule has 0 aliphatic carbocycles. The van der Waals surface area contributed by atoms with Gasteiger partial charge in [0.05, 0.1) is 11.1 Å². The molecule has 1 aromatic rings. The summed E-state index contributed by atoms with van der Waals surface area (Å²) in [4.78, 5) is 32.7. The third-order valence-corrected chi connectivity index (χ3v) is 3.59. The first kappa shape index (κ1) is 20.1. The van der Waals surface area contributed by atoms with Gasteiger partial charge < -0.3 is 15.1 Å². The van der Waals surface area contributed by atoms with Gasteiger partial charge in [-0.25, -0.2) is 0 Å². The first-order valence-electron chi connectivity index (χ1n) is 8.66. The Hall–Kier alpha value is -1.95. The summed E-state index contributed by atoms with van der Waals surface area (Å²) in [6.45, 7) is 7.05. The van der Waals surface area contributed by atoms with Crippen LogP contribution in [-0.4, -0.2) is 66.9 Å². The van der Waals surface area contributed by atoms with Crippen LogP contribution in [0.15, 0.2) is 18.5 Å². The number of nitrogens with one attached hydrogen (secondary N) is 1. The normalized spacial score (nSPS) is 10.7. The van der Waals surface area contributed by atoms with Crippen molar-refractivity contribution in [3.63, 3.8) is 0 Å². The van der Waals surface area contributed by atoms with E-state index in [1.54, 1.807) is 6.07 Å². The van der Waals surface area contributed by atoms with Crippen molar-refractivity contribution in [1.82, 2.24) is 20.1 Å². The second-order valence-corrected chi connectivity index (χ2v) is 6.17. The largest absolute Gasteiger partial charge is 0.352 e. The van der Waals surface area contributed by atoms with E-state index in [2.05, 4.69) is 15.2 Å². The summed E-state index contributed by atoms with van der Waals surface area (Å²) >= 11 is 0. The van der Waals surface area contributed by atoms with Gasteiger partial charge in [-0.15, -0.1) is 0 Å². The molecule has 0 saturated carbocycles. The van der Waals surface area contributed by atoms with Gasteiger partial charge in [0.2, 0.25) is 0 Å². The lowest BCUT2D eigenvalue weighted by molar-refractivity contribution is 0.0755. The van der Waals surface area contributed by atoms with Gasteiger partial charge in [0.15, 0.2) is 0 Å². The number of hydrogen-bond donors (Lipinski definition) is 1. The SMILES string of the molecule is CCCN(CCC)C(=O)c1cncc(C(=O)NCCCN(C)C)c1. The predicted octanol–water partition coefficient (Wildman–Crippen LogP) is 2.03. The number of rotatable bonds is 10. The molecule has 1 N–H and O–H groups in total. The molecule has 0 unspecified atom stereocenters. The van der Waals surface area contributed by atoms with Crippen LogP contribution in [0.4, 0.5) is 0 Å². The summed E-state index contributed by atoms with van der Waals surface area (Å²) in [7, 11) is 4.00. The van der Waals surface area contributed by atoms with E-state index in [9.17, 15) is 9.59 Å². The highest BCUT2D eigenvalue weighted by Crippen LogP contribution is 2.08. The topological polar surface area (TPSA) is 65.5 Å². The fraction of sp³-hybridized carbons (Fsp3) is 0.611.